The lowest BCUT2D eigenvalue weighted by Crippen LogP contribution is -2.64. The average Bonchev–Trinajstić information content (AvgIpc) is 3.43. The third kappa shape index (κ3) is 7.74. The molecule has 1 saturated heterocycles. The summed E-state index contributed by atoms with van der Waals surface area (Å²) >= 11 is 0. The molecular weight excluding hydrogens is 610 g/mol. The smallest absolute Gasteiger partial charge is 0.248 e. The molecule has 11 nitrogen and oxygen atoms in total. The molecule has 1 fully saturated rings. The van der Waals surface area contributed by atoms with Gasteiger partial charge in [-0.05, 0) is 49.4 Å². The van der Waals surface area contributed by atoms with E-state index in [9.17, 15) is 33.1 Å². The lowest BCUT2D eigenvalue weighted by molar-refractivity contribution is -0.173. The molecule has 2 heterocycles. The topological polar surface area (TPSA) is 151 Å². The van der Waals surface area contributed by atoms with E-state index >= 15 is 0 Å². The van der Waals surface area contributed by atoms with Crippen molar-refractivity contribution in [2.24, 2.45) is 16.6 Å². The normalized spacial score (nSPS) is 15.6. The molecule has 47 heavy (non-hydrogen) atoms. The number of imidazole rings is 1. The van der Waals surface area contributed by atoms with E-state index in [1.807, 2.05) is 51.1 Å². The number of nitrogens with two attached hydrogens (primary N) is 1. The average molecular weight is 653 g/mol. The van der Waals surface area contributed by atoms with Crippen LogP contribution in [0.1, 0.15) is 58.5 Å². The SMILES string of the molecule is CC1(C)C(=O)N(CCNC(=O)[C@@H](N)CCN(C(=O)CO)[C@@H](c2nc(-c3cc(F)ccc3F)cn2Cc2ccccc2)C(C)(C)C)C1=O. The molecule has 1 aliphatic rings. The zero-order chi connectivity index (χ0) is 34.7. The first kappa shape index (κ1) is 35.4. The minimum absolute atomic E-state index is 0.00351. The lowest BCUT2D eigenvalue weighted by atomic mass is 9.82. The van der Waals surface area contributed by atoms with Crippen LogP contribution < -0.4 is 11.1 Å². The highest BCUT2D eigenvalue weighted by Gasteiger charge is 2.53. The van der Waals surface area contributed by atoms with Crippen LogP contribution in [-0.4, -0.2) is 80.4 Å². The molecule has 0 spiro atoms. The van der Waals surface area contributed by atoms with Crippen molar-refractivity contribution in [2.45, 2.75) is 59.7 Å². The maximum atomic E-state index is 14.9. The maximum absolute atomic E-state index is 14.9. The van der Waals surface area contributed by atoms with Crippen molar-refractivity contribution in [3.8, 4) is 11.3 Å². The van der Waals surface area contributed by atoms with Gasteiger partial charge in [-0.2, -0.15) is 0 Å². The summed E-state index contributed by atoms with van der Waals surface area (Å²) in [5.74, 6) is -2.74. The monoisotopic (exact) mass is 652 g/mol. The first-order valence-corrected chi connectivity index (χ1v) is 15.4. The molecule has 252 valence electrons. The van der Waals surface area contributed by atoms with Crippen molar-refractivity contribution in [2.75, 3.05) is 26.2 Å². The van der Waals surface area contributed by atoms with Crippen molar-refractivity contribution in [3.05, 3.63) is 77.8 Å². The second-order valence-electron chi connectivity index (χ2n) is 13.3. The number of aromatic nitrogens is 2. The molecule has 1 aromatic heterocycles. The van der Waals surface area contributed by atoms with Gasteiger partial charge in [0.2, 0.25) is 23.6 Å². The van der Waals surface area contributed by atoms with E-state index in [1.165, 1.54) is 4.90 Å². The van der Waals surface area contributed by atoms with E-state index in [1.54, 1.807) is 24.6 Å². The summed E-state index contributed by atoms with van der Waals surface area (Å²) in [6, 6.07) is 10.7. The zero-order valence-corrected chi connectivity index (χ0v) is 27.3. The Bertz CT molecular complexity index is 1620. The highest BCUT2D eigenvalue weighted by atomic mass is 19.1. The van der Waals surface area contributed by atoms with Crippen LogP contribution in [0.2, 0.25) is 0 Å². The first-order chi connectivity index (χ1) is 22.1. The Kier molecular flexibility index (Phi) is 10.6. The molecule has 2 atom stereocenters. The van der Waals surface area contributed by atoms with Crippen molar-refractivity contribution < 1.29 is 33.1 Å². The van der Waals surface area contributed by atoms with Crippen LogP contribution in [0, 0.1) is 22.5 Å². The fraction of sp³-hybridized carbons (Fsp3) is 0.441. The molecule has 0 aliphatic carbocycles. The van der Waals surface area contributed by atoms with Gasteiger partial charge >= 0.3 is 0 Å². The third-order valence-corrected chi connectivity index (χ3v) is 8.25. The Balaban J connectivity index is 1.60. The van der Waals surface area contributed by atoms with Crippen LogP contribution in [0.4, 0.5) is 8.78 Å². The molecule has 13 heteroatoms. The largest absolute Gasteiger partial charge is 0.387 e. The van der Waals surface area contributed by atoms with Crippen LogP contribution in [0.5, 0.6) is 0 Å². The van der Waals surface area contributed by atoms with E-state index in [2.05, 4.69) is 5.32 Å². The number of halogens is 2. The highest BCUT2D eigenvalue weighted by Crippen LogP contribution is 2.39. The summed E-state index contributed by atoms with van der Waals surface area (Å²) in [7, 11) is 0. The number of likely N-dealkylation sites (tertiary alicyclic amines) is 1. The predicted octanol–water partition coefficient (Wildman–Crippen LogP) is 3.01. The Morgan fingerprint density at radius 1 is 1.09 bits per heavy atom. The highest BCUT2D eigenvalue weighted by molar-refractivity contribution is 6.20. The Morgan fingerprint density at radius 3 is 2.36 bits per heavy atom. The standard InChI is InChI=1S/C34H42F2N6O5/c1-33(2,3)28(29-39-26(23-17-22(35)11-12-24(23)36)19-40(29)18-21-9-7-6-8-10-21)41(27(44)20-43)15-13-25(37)30(45)38-14-16-42-31(46)34(4,5)32(42)47/h6-12,17,19,25,28,43H,13-16,18,20,37H2,1-5H3,(H,38,45)/t25-,28-/m0/s1. The molecule has 4 rings (SSSR count). The number of hydrogen-bond donors (Lipinski definition) is 3. The number of nitrogens with one attached hydrogen (secondary N) is 1. The van der Waals surface area contributed by atoms with Gasteiger partial charge in [-0.15, -0.1) is 0 Å². The molecule has 0 radical (unpaired) electrons. The zero-order valence-electron chi connectivity index (χ0n) is 27.3. The molecule has 4 N–H and O–H groups in total. The molecule has 0 unspecified atom stereocenters. The number of carbonyl (C=O) groups is 4. The molecule has 0 saturated carbocycles. The number of β-lactam (4-membered cyclic amide) rings is 2. The Morgan fingerprint density at radius 2 is 1.74 bits per heavy atom. The third-order valence-electron chi connectivity index (χ3n) is 8.25. The first-order valence-electron chi connectivity index (χ1n) is 15.4. The fourth-order valence-corrected chi connectivity index (χ4v) is 5.70. The second kappa shape index (κ2) is 14.1. The van der Waals surface area contributed by atoms with Crippen LogP contribution >= 0.6 is 0 Å². The number of carbonyl (C=O) groups excluding carboxylic acids is 4. The maximum Gasteiger partial charge on any atom is 0.248 e. The number of aliphatic hydroxyl groups is 1. The Labute approximate surface area is 272 Å². The lowest BCUT2D eigenvalue weighted by Gasteiger charge is -2.41. The number of aliphatic hydroxyl groups excluding tert-OH is 1. The van der Waals surface area contributed by atoms with Gasteiger partial charge in [0.05, 0.1) is 17.8 Å². The number of amides is 4. The van der Waals surface area contributed by atoms with Crippen molar-refractivity contribution in [1.29, 1.82) is 0 Å². The molecule has 4 amide bonds. The molecule has 3 aromatic rings. The summed E-state index contributed by atoms with van der Waals surface area (Å²) in [4.78, 5) is 57.7. The summed E-state index contributed by atoms with van der Waals surface area (Å²) in [6.45, 7) is 8.18. The van der Waals surface area contributed by atoms with Gasteiger partial charge in [0.1, 0.15) is 29.5 Å². The van der Waals surface area contributed by atoms with Crippen LogP contribution in [0.15, 0.2) is 54.7 Å². The van der Waals surface area contributed by atoms with E-state index in [4.69, 9.17) is 10.7 Å². The van der Waals surface area contributed by atoms with Crippen LogP contribution in [0.25, 0.3) is 11.3 Å². The number of rotatable bonds is 13. The van der Waals surface area contributed by atoms with E-state index in [-0.39, 0.29) is 49.1 Å². The molecule has 0 bridgehead atoms. The summed E-state index contributed by atoms with van der Waals surface area (Å²) in [5.41, 5.74) is 5.46. The summed E-state index contributed by atoms with van der Waals surface area (Å²) < 4.78 is 30.9. The van der Waals surface area contributed by atoms with Crippen molar-refractivity contribution >= 4 is 23.6 Å². The summed E-state index contributed by atoms with van der Waals surface area (Å²) in [5, 5.41) is 12.6. The number of benzene rings is 2. The van der Waals surface area contributed by atoms with Crippen LogP contribution in [-0.2, 0) is 25.7 Å². The van der Waals surface area contributed by atoms with Crippen LogP contribution in [0.3, 0.4) is 0 Å². The van der Waals surface area contributed by atoms with E-state index in [0.717, 1.165) is 28.7 Å². The molecule has 1 aliphatic heterocycles. The van der Waals surface area contributed by atoms with Gasteiger partial charge in [0, 0.05) is 37.9 Å². The fourth-order valence-electron chi connectivity index (χ4n) is 5.70. The van der Waals surface area contributed by atoms with Gasteiger partial charge in [-0.25, -0.2) is 13.8 Å². The van der Waals surface area contributed by atoms with Gasteiger partial charge in [0.25, 0.3) is 0 Å². The summed E-state index contributed by atoms with van der Waals surface area (Å²) in [6.07, 6.45) is 1.61. The van der Waals surface area contributed by atoms with Gasteiger partial charge in [0.15, 0.2) is 0 Å². The predicted molar refractivity (Wildman–Crippen MR) is 170 cm³/mol. The van der Waals surface area contributed by atoms with Crippen molar-refractivity contribution in [1.82, 2.24) is 24.7 Å². The van der Waals surface area contributed by atoms with E-state index in [0.29, 0.717) is 12.4 Å². The van der Waals surface area contributed by atoms with Gasteiger partial charge in [-0.1, -0.05) is 51.1 Å². The minimum atomic E-state index is -1.06. The number of hydrogen-bond acceptors (Lipinski definition) is 7. The van der Waals surface area contributed by atoms with Gasteiger partial charge < -0.3 is 25.6 Å². The Hall–Kier alpha value is -4.49. The number of nitrogens with zero attached hydrogens (tertiary/aromatic N) is 4. The minimum Gasteiger partial charge on any atom is -0.387 e. The molecule has 2 aromatic carbocycles. The second-order valence-corrected chi connectivity index (χ2v) is 13.3. The quantitative estimate of drug-likeness (QED) is 0.190. The van der Waals surface area contributed by atoms with Crippen molar-refractivity contribution in [3.63, 3.8) is 0 Å². The molecular formula is C34H42F2N6O5. The van der Waals surface area contributed by atoms with E-state index < -0.39 is 53.0 Å². The number of imide groups is 1. The van der Waals surface area contributed by atoms with Gasteiger partial charge in [-0.3, -0.25) is 24.1 Å².